The van der Waals surface area contributed by atoms with Crippen molar-refractivity contribution in [3.63, 3.8) is 0 Å². The van der Waals surface area contributed by atoms with Gasteiger partial charge in [0.2, 0.25) is 0 Å². The maximum absolute atomic E-state index is 12.2. The van der Waals surface area contributed by atoms with Crippen molar-refractivity contribution in [2.24, 2.45) is 0 Å². The quantitative estimate of drug-likeness (QED) is 0.571. The number of H-pyrrole nitrogens is 1. The summed E-state index contributed by atoms with van der Waals surface area (Å²) in [4.78, 5) is 19.5. The molecule has 1 amide bonds. The summed E-state index contributed by atoms with van der Waals surface area (Å²) in [5.74, 6) is 0.695. The van der Waals surface area contributed by atoms with Crippen molar-refractivity contribution in [3.8, 4) is 0 Å². The summed E-state index contributed by atoms with van der Waals surface area (Å²) < 4.78 is 0. The van der Waals surface area contributed by atoms with Crippen LogP contribution in [-0.2, 0) is 0 Å². The van der Waals surface area contributed by atoms with Crippen molar-refractivity contribution < 1.29 is 4.79 Å². The van der Waals surface area contributed by atoms with E-state index in [1.165, 1.54) is 0 Å². The smallest absolute Gasteiger partial charge is 0.269 e. The van der Waals surface area contributed by atoms with E-state index in [-0.39, 0.29) is 5.91 Å². The van der Waals surface area contributed by atoms with Crippen LogP contribution in [0.4, 0.5) is 5.82 Å². The number of nitrogens with zero attached hydrogens (tertiary/aromatic N) is 1. The van der Waals surface area contributed by atoms with Gasteiger partial charge in [-0.2, -0.15) is 0 Å². The average Bonchev–Trinajstić information content (AvgIpc) is 2.96. The Hall–Kier alpha value is -2.53. The topological polar surface area (TPSA) is 69.8 Å². The molecule has 1 aromatic carbocycles. The van der Waals surface area contributed by atoms with Crippen LogP contribution < -0.4 is 10.6 Å². The van der Waals surface area contributed by atoms with Gasteiger partial charge >= 0.3 is 0 Å². The van der Waals surface area contributed by atoms with Crippen LogP contribution in [0.15, 0.2) is 48.7 Å². The number of aromatic amines is 1. The Labute approximate surface area is 145 Å². The van der Waals surface area contributed by atoms with Crippen molar-refractivity contribution in [1.29, 1.82) is 0 Å². The highest BCUT2D eigenvalue weighted by atomic mass is 35.5. The van der Waals surface area contributed by atoms with E-state index in [4.69, 9.17) is 11.6 Å². The number of carbonyl (C=O) groups is 1. The largest absolute Gasteiger partial charge is 0.370 e. The van der Waals surface area contributed by atoms with Gasteiger partial charge in [0.05, 0.1) is 5.02 Å². The summed E-state index contributed by atoms with van der Waals surface area (Å²) in [6.45, 7) is 1.43. The van der Waals surface area contributed by atoms with Gasteiger partial charge in [-0.25, -0.2) is 4.98 Å². The van der Waals surface area contributed by atoms with Gasteiger partial charge in [0.1, 0.15) is 11.5 Å². The lowest BCUT2D eigenvalue weighted by atomic mass is 10.2. The molecule has 3 aromatic rings. The Morgan fingerprint density at radius 2 is 1.88 bits per heavy atom. The molecule has 0 spiro atoms. The fourth-order valence-corrected chi connectivity index (χ4v) is 2.79. The fraction of sp³-hybridized carbons (Fsp3) is 0.222. The number of hydrogen-bond acceptors (Lipinski definition) is 3. The Kier molecular flexibility index (Phi) is 5.33. The van der Waals surface area contributed by atoms with E-state index < -0.39 is 0 Å². The van der Waals surface area contributed by atoms with Crippen LogP contribution in [0.5, 0.6) is 0 Å². The Morgan fingerprint density at radius 3 is 2.67 bits per heavy atom. The number of rotatable bonds is 7. The van der Waals surface area contributed by atoms with Gasteiger partial charge in [0, 0.05) is 30.2 Å². The molecule has 0 atom stereocenters. The normalized spacial score (nSPS) is 10.7. The minimum atomic E-state index is -0.172. The number of nitrogens with one attached hydrogen (secondary N) is 3. The summed E-state index contributed by atoms with van der Waals surface area (Å²) in [5.41, 5.74) is 1.29. The molecule has 124 valence electrons. The molecule has 0 radical (unpaired) electrons. The fourth-order valence-electron chi connectivity index (χ4n) is 2.49. The van der Waals surface area contributed by atoms with Gasteiger partial charge in [-0.3, -0.25) is 4.79 Å². The van der Waals surface area contributed by atoms with Crippen LogP contribution in [-0.4, -0.2) is 29.0 Å². The lowest BCUT2D eigenvalue weighted by molar-refractivity contribution is 0.0949. The zero-order valence-electron chi connectivity index (χ0n) is 13.2. The number of para-hydroxylation sites is 1. The number of pyridine rings is 1. The van der Waals surface area contributed by atoms with E-state index in [9.17, 15) is 4.79 Å². The summed E-state index contributed by atoms with van der Waals surface area (Å²) in [7, 11) is 0. The third-order valence-corrected chi connectivity index (χ3v) is 4.12. The van der Waals surface area contributed by atoms with Gasteiger partial charge in [-0.1, -0.05) is 35.9 Å². The van der Waals surface area contributed by atoms with Crippen LogP contribution in [0, 0.1) is 0 Å². The molecule has 0 aliphatic rings. The monoisotopic (exact) mass is 342 g/mol. The van der Waals surface area contributed by atoms with Crippen molar-refractivity contribution in [2.75, 3.05) is 18.4 Å². The molecule has 0 bridgehead atoms. The number of hydrogen-bond donors (Lipinski definition) is 3. The molecule has 0 saturated carbocycles. The molecule has 2 aromatic heterocycles. The van der Waals surface area contributed by atoms with E-state index in [1.54, 1.807) is 6.20 Å². The molecule has 6 heteroatoms. The first kappa shape index (κ1) is 16.3. The molecular weight excluding hydrogens is 324 g/mol. The van der Waals surface area contributed by atoms with E-state index in [1.807, 2.05) is 42.5 Å². The number of benzene rings is 1. The maximum Gasteiger partial charge on any atom is 0.269 e. The first-order valence-corrected chi connectivity index (χ1v) is 8.33. The standard InChI is InChI=1S/C18H19ClN4O/c19-16-13-7-1-2-8-14(13)23-17(16)18(24)22-12-6-5-11-21-15-9-3-4-10-20-15/h1-4,7-10,23H,5-6,11-12H2,(H,20,21)(H,22,24). The number of aromatic nitrogens is 2. The van der Waals surface area contributed by atoms with Crippen LogP contribution in [0.3, 0.4) is 0 Å². The SMILES string of the molecule is O=C(NCCCCNc1ccccn1)c1[nH]c2ccccc2c1Cl. The van der Waals surface area contributed by atoms with Crippen LogP contribution in [0.2, 0.25) is 5.02 Å². The van der Waals surface area contributed by atoms with Crippen molar-refractivity contribution in [1.82, 2.24) is 15.3 Å². The molecule has 3 N–H and O–H groups in total. The lowest BCUT2D eigenvalue weighted by Gasteiger charge is -2.06. The zero-order chi connectivity index (χ0) is 16.8. The third kappa shape index (κ3) is 3.86. The van der Waals surface area contributed by atoms with E-state index in [0.717, 1.165) is 36.1 Å². The molecule has 0 aliphatic heterocycles. The van der Waals surface area contributed by atoms with Gasteiger partial charge in [0.25, 0.3) is 5.91 Å². The van der Waals surface area contributed by atoms with Crippen LogP contribution >= 0.6 is 11.6 Å². The minimum Gasteiger partial charge on any atom is -0.370 e. The maximum atomic E-state index is 12.2. The summed E-state index contributed by atoms with van der Waals surface area (Å²) in [6, 6.07) is 13.4. The highest BCUT2D eigenvalue weighted by Crippen LogP contribution is 2.26. The molecule has 24 heavy (non-hydrogen) atoms. The number of halogens is 1. The second kappa shape index (κ2) is 7.84. The first-order valence-electron chi connectivity index (χ1n) is 7.95. The number of fused-ring (bicyclic) bond motifs is 1. The van der Waals surface area contributed by atoms with E-state index in [2.05, 4.69) is 20.6 Å². The predicted molar refractivity (Wildman–Crippen MR) is 97.6 cm³/mol. The molecular formula is C18H19ClN4O. The molecule has 0 aliphatic carbocycles. The summed E-state index contributed by atoms with van der Waals surface area (Å²) in [6.07, 6.45) is 3.58. The number of amides is 1. The number of unbranched alkanes of at least 4 members (excludes halogenated alkanes) is 1. The number of carbonyl (C=O) groups excluding carboxylic acids is 1. The molecule has 0 unspecified atom stereocenters. The van der Waals surface area contributed by atoms with Gasteiger partial charge < -0.3 is 15.6 Å². The molecule has 0 saturated heterocycles. The van der Waals surface area contributed by atoms with Crippen molar-refractivity contribution in [2.45, 2.75) is 12.8 Å². The van der Waals surface area contributed by atoms with Crippen LogP contribution in [0.25, 0.3) is 10.9 Å². The summed E-state index contributed by atoms with van der Waals surface area (Å²) in [5, 5.41) is 7.48. The zero-order valence-corrected chi connectivity index (χ0v) is 13.9. The second-order valence-electron chi connectivity index (χ2n) is 5.46. The Bertz CT molecular complexity index is 816. The predicted octanol–water partition coefficient (Wildman–Crippen LogP) is 3.84. The van der Waals surface area contributed by atoms with E-state index in [0.29, 0.717) is 17.3 Å². The highest BCUT2D eigenvalue weighted by molar-refractivity contribution is 6.38. The average molecular weight is 343 g/mol. The first-order chi connectivity index (χ1) is 11.8. The molecule has 2 heterocycles. The third-order valence-electron chi connectivity index (χ3n) is 3.73. The summed E-state index contributed by atoms with van der Waals surface area (Å²) >= 11 is 6.27. The number of anilines is 1. The Morgan fingerprint density at radius 1 is 1.08 bits per heavy atom. The minimum absolute atomic E-state index is 0.172. The molecule has 0 fully saturated rings. The van der Waals surface area contributed by atoms with Crippen molar-refractivity contribution >= 4 is 34.2 Å². The second-order valence-corrected chi connectivity index (χ2v) is 5.84. The molecule has 3 rings (SSSR count). The van der Waals surface area contributed by atoms with Crippen molar-refractivity contribution in [3.05, 3.63) is 59.4 Å². The van der Waals surface area contributed by atoms with E-state index >= 15 is 0 Å². The van der Waals surface area contributed by atoms with Gasteiger partial charge in [-0.15, -0.1) is 0 Å². The van der Waals surface area contributed by atoms with Crippen LogP contribution in [0.1, 0.15) is 23.3 Å². The van der Waals surface area contributed by atoms with Gasteiger partial charge in [-0.05, 0) is 31.0 Å². The molecule has 5 nitrogen and oxygen atoms in total. The highest BCUT2D eigenvalue weighted by Gasteiger charge is 2.15. The Balaban J connectivity index is 1.43. The van der Waals surface area contributed by atoms with Gasteiger partial charge in [0.15, 0.2) is 0 Å². The lowest BCUT2D eigenvalue weighted by Crippen LogP contribution is -2.25.